The lowest BCUT2D eigenvalue weighted by Gasteiger charge is -2.32. The largest absolute Gasteiger partial charge is 0.376 e. The Morgan fingerprint density at radius 2 is 2.16 bits per heavy atom. The average Bonchev–Trinajstić information content (AvgIpc) is 2.39. The van der Waals surface area contributed by atoms with Gasteiger partial charge in [0, 0.05) is 6.04 Å². The summed E-state index contributed by atoms with van der Waals surface area (Å²) in [5, 5.41) is 14.5. The van der Waals surface area contributed by atoms with Crippen molar-refractivity contribution in [3.63, 3.8) is 0 Å². The molecule has 1 saturated carbocycles. The SMILES string of the molecule is NCC1CCCCC1Nc1cccc(Cl)c1[N+](=O)[O-]. The van der Waals surface area contributed by atoms with Gasteiger partial charge < -0.3 is 11.1 Å². The van der Waals surface area contributed by atoms with Crippen LogP contribution >= 0.6 is 11.6 Å². The number of nitrogens with two attached hydrogens (primary N) is 1. The molecule has 2 atom stereocenters. The standard InChI is InChI=1S/C13H18ClN3O2/c14-10-5-3-7-12(13(10)17(18)19)16-11-6-2-1-4-9(11)8-15/h3,5,7,9,11,16H,1-2,4,6,8,15H2. The molecule has 1 aliphatic carbocycles. The molecule has 0 amide bonds. The molecule has 1 fully saturated rings. The quantitative estimate of drug-likeness (QED) is 0.657. The Hall–Kier alpha value is -1.33. The Bertz CT molecular complexity index is 467. The average molecular weight is 284 g/mol. The normalized spacial score (nSPS) is 23.1. The van der Waals surface area contributed by atoms with Crippen molar-refractivity contribution < 1.29 is 4.92 Å². The molecule has 6 heteroatoms. The molecule has 1 aliphatic rings. The zero-order valence-corrected chi connectivity index (χ0v) is 11.4. The van der Waals surface area contributed by atoms with Crippen LogP contribution in [0.1, 0.15) is 25.7 Å². The van der Waals surface area contributed by atoms with E-state index in [1.165, 1.54) is 12.5 Å². The zero-order chi connectivity index (χ0) is 13.8. The Morgan fingerprint density at radius 3 is 2.84 bits per heavy atom. The lowest BCUT2D eigenvalue weighted by molar-refractivity contribution is -0.383. The summed E-state index contributed by atoms with van der Waals surface area (Å²) in [7, 11) is 0. The fourth-order valence-electron chi connectivity index (χ4n) is 2.70. The van der Waals surface area contributed by atoms with Gasteiger partial charge in [-0.1, -0.05) is 30.5 Å². The number of nitrogens with one attached hydrogen (secondary N) is 1. The second-order valence-electron chi connectivity index (χ2n) is 4.92. The van der Waals surface area contributed by atoms with Crippen molar-refractivity contribution in [2.24, 2.45) is 11.7 Å². The maximum atomic E-state index is 11.1. The van der Waals surface area contributed by atoms with E-state index in [-0.39, 0.29) is 16.8 Å². The molecule has 19 heavy (non-hydrogen) atoms. The molecular formula is C13H18ClN3O2. The van der Waals surface area contributed by atoms with E-state index < -0.39 is 4.92 Å². The molecule has 0 aromatic heterocycles. The minimum absolute atomic E-state index is 0.0505. The highest BCUT2D eigenvalue weighted by atomic mass is 35.5. The Balaban J connectivity index is 2.22. The number of nitro benzene ring substituents is 1. The highest BCUT2D eigenvalue weighted by Gasteiger charge is 2.27. The molecule has 5 nitrogen and oxygen atoms in total. The summed E-state index contributed by atoms with van der Waals surface area (Å²) in [5.74, 6) is 0.368. The van der Waals surface area contributed by atoms with Crippen LogP contribution in [-0.2, 0) is 0 Å². The first-order valence-corrected chi connectivity index (χ1v) is 6.90. The second kappa shape index (κ2) is 6.21. The van der Waals surface area contributed by atoms with Crippen LogP contribution in [0.2, 0.25) is 5.02 Å². The van der Waals surface area contributed by atoms with Crippen LogP contribution in [-0.4, -0.2) is 17.5 Å². The summed E-state index contributed by atoms with van der Waals surface area (Å²) in [6, 6.07) is 5.15. The van der Waals surface area contributed by atoms with Crippen molar-refractivity contribution in [3.8, 4) is 0 Å². The lowest BCUT2D eigenvalue weighted by atomic mass is 9.84. The summed E-state index contributed by atoms with van der Waals surface area (Å²) in [4.78, 5) is 10.7. The maximum Gasteiger partial charge on any atom is 0.310 e. The van der Waals surface area contributed by atoms with Crippen LogP contribution in [0, 0.1) is 16.0 Å². The number of nitro groups is 1. The van der Waals surface area contributed by atoms with Crippen LogP contribution in [0.15, 0.2) is 18.2 Å². The third-order valence-corrected chi connectivity index (χ3v) is 4.03. The van der Waals surface area contributed by atoms with E-state index in [2.05, 4.69) is 5.32 Å². The maximum absolute atomic E-state index is 11.1. The van der Waals surface area contributed by atoms with Gasteiger partial charge in [0.1, 0.15) is 10.7 Å². The van der Waals surface area contributed by atoms with E-state index >= 15 is 0 Å². The summed E-state index contributed by atoms with van der Waals surface area (Å²) in [6.45, 7) is 0.603. The van der Waals surface area contributed by atoms with Crippen molar-refractivity contribution in [2.75, 3.05) is 11.9 Å². The van der Waals surface area contributed by atoms with Gasteiger partial charge in [-0.05, 0) is 37.4 Å². The fourth-order valence-corrected chi connectivity index (χ4v) is 2.94. The van der Waals surface area contributed by atoms with Crippen LogP contribution in [0.25, 0.3) is 0 Å². The number of benzene rings is 1. The third-order valence-electron chi connectivity index (χ3n) is 3.72. The van der Waals surface area contributed by atoms with E-state index in [4.69, 9.17) is 17.3 Å². The molecule has 0 radical (unpaired) electrons. The van der Waals surface area contributed by atoms with Gasteiger partial charge in [0.05, 0.1) is 4.92 Å². The van der Waals surface area contributed by atoms with Crippen molar-refractivity contribution in [1.82, 2.24) is 0 Å². The fraction of sp³-hybridized carbons (Fsp3) is 0.538. The molecule has 2 rings (SSSR count). The summed E-state index contributed by atoms with van der Waals surface area (Å²) < 4.78 is 0. The molecule has 104 valence electrons. The number of rotatable bonds is 4. The lowest BCUT2D eigenvalue weighted by Crippen LogP contribution is -2.36. The molecule has 1 aromatic rings. The summed E-state index contributed by atoms with van der Waals surface area (Å²) in [5.41, 5.74) is 6.21. The molecule has 0 heterocycles. The number of nitrogens with zero attached hydrogens (tertiary/aromatic N) is 1. The summed E-state index contributed by atoms with van der Waals surface area (Å²) in [6.07, 6.45) is 4.37. The van der Waals surface area contributed by atoms with Gasteiger partial charge in [-0.15, -0.1) is 0 Å². The highest BCUT2D eigenvalue weighted by Crippen LogP contribution is 2.35. The Morgan fingerprint density at radius 1 is 1.42 bits per heavy atom. The molecule has 0 aliphatic heterocycles. The van der Waals surface area contributed by atoms with E-state index in [1.807, 2.05) is 0 Å². The minimum Gasteiger partial charge on any atom is -0.376 e. The first-order chi connectivity index (χ1) is 9.13. The van der Waals surface area contributed by atoms with Crippen LogP contribution < -0.4 is 11.1 Å². The first-order valence-electron chi connectivity index (χ1n) is 6.53. The molecule has 0 bridgehead atoms. The first kappa shape index (κ1) is 14.1. The predicted octanol–water partition coefficient (Wildman–Crippen LogP) is 3.18. The van der Waals surface area contributed by atoms with E-state index in [0.717, 1.165) is 19.3 Å². The smallest absolute Gasteiger partial charge is 0.310 e. The van der Waals surface area contributed by atoms with Gasteiger partial charge in [0.2, 0.25) is 0 Å². The van der Waals surface area contributed by atoms with Gasteiger partial charge >= 0.3 is 5.69 Å². The minimum atomic E-state index is -0.440. The van der Waals surface area contributed by atoms with Gasteiger partial charge in [-0.2, -0.15) is 0 Å². The Labute approximate surface area is 117 Å². The second-order valence-corrected chi connectivity index (χ2v) is 5.33. The number of hydrogen-bond acceptors (Lipinski definition) is 4. The molecular weight excluding hydrogens is 266 g/mol. The van der Waals surface area contributed by atoms with Crippen molar-refractivity contribution in [2.45, 2.75) is 31.7 Å². The highest BCUT2D eigenvalue weighted by molar-refractivity contribution is 6.33. The van der Waals surface area contributed by atoms with Crippen molar-refractivity contribution >= 4 is 23.0 Å². The number of anilines is 1. The van der Waals surface area contributed by atoms with Crippen molar-refractivity contribution in [3.05, 3.63) is 33.3 Å². The topological polar surface area (TPSA) is 81.2 Å². The van der Waals surface area contributed by atoms with Crippen LogP contribution in [0.5, 0.6) is 0 Å². The van der Waals surface area contributed by atoms with E-state index in [0.29, 0.717) is 18.2 Å². The zero-order valence-electron chi connectivity index (χ0n) is 10.6. The summed E-state index contributed by atoms with van der Waals surface area (Å²) >= 11 is 5.91. The van der Waals surface area contributed by atoms with E-state index in [9.17, 15) is 10.1 Å². The van der Waals surface area contributed by atoms with Crippen molar-refractivity contribution in [1.29, 1.82) is 0 Å². The Kier molecular flexibility index (Phi) is 4.61. The van der Waals surface area contributed by atoms with Crippen LogP contribution in [0.4, 0.5) is 11.4 Å². The monoisotopic (exact) mass is 283 g/mol. The van der Waals surface area contributed by atoms with Gasteiger partial charge in [0.25, 0.3) is 0 Å². The van der Waals surface area contributed by atoms with Gasteiger partial charge in [-0.3, -0.25) is 10.1 Å². The molecule has 0 saturated heterocycles. The number of halogens is 1. The molecule has 1 aromatic carbocycles. The third kappa shape index (κ3) is 3.16. The van der Waals surface area contributed by atoms with E-state index in [1.54, 1.807) is 12.1 Å². The van der Waals surface area contributed by atoms with Crippen LogP contribution in [0.3, 0.4) is 0 Å². The number of para-hydroxylation sites is 1. The molecule has 0 spiro atoms. The van der Waals surface area contributed by atoms with Gasteiger partial charge in [-0.25, -0.2) is 0 Å². The number of hydrogen-bond donors (Lipinski definition) is 2. The predicted molar refractivity (Wildman–Crippen MR) is 76.5 cm³/mol. The van der Waals surface area contributed by atoms with Gasteiger partial charge in [0.15, 0.2) is 0 Å². The molecule has 3 N–H and O–H groups in total. The molecule has 2 unspecified atom stereocenters.